The van der Waals surface area contributed by atoms with Crippen LogP contribution in [-0.2, 0) is 29.2 Å². The molecule has 2 aliphatic rings. The predicted octanol–water partition coefficient (Wildman–Crippen LogP) is 0.703. The monoisotopic (exact) mass is 463 g/mol. The average Bonchev–Trinajstić information content (AvgIpc) is 2.73. The normalized spacial score (nSPS) is 17.9. The molecule has 2 heterocycles. The van der Waals surface area contributed by atoms with E-state index >= 15 is 0 Å². The van der Waals surface area contributed by atoms with Crippen molar-refractivity contribution in [3.63, 3.8) is 0 Å². The molecular formula is C21H25N3O7S. The van der Waals surface area contributed by atoms with E-state index in [-0.39, 0.29) is 34.8 Å². The van der Waals surface area contributed by atoms with Gasteiger partial charge in [0.2, 0.25) is 10.0 Å². The Labute approximate surface area is 186 Å². The Kier molecular flexibility index (Phi) is 5.42. The summed E-state index contributed by atoms with van der Waals surface area (Å²) in [4.78, 5) is 64.1. The zero-order chi connectivity index (χ0) is 24.5. The number of nitrogens with zero attached hydrogens (tertiary/aromatic N) is 3. The van der Waals surface area contributed by atoms with Crippen LogP contribution < -0.4 is 4.90 Å². The van der Waals surface area contributed by atoms with Gasteiger partial charge in [0.25, 0.3) is 29.0 Å². The van der Waals surface area contributed by atoms with Gasteiger partial charge < -0.3 is 0 Å². The highest BCUT2D eigenvalue weighted by atomic mass is 32.2. The number of amides is 4. The number of anilines is 1. The molecule has 1 spiro atoms. The van der Waals surface area contributed by atoms with Crippen LogP contribution in [0.3, 0.4) is 0 Å². The number of likely N-dealkylation sites (tertiary alicyclic amines) is 1. The van der Waals surface area contributed by atoms with Crippen molar-refractivity contribution in [3.05, 3.63) is 22.3 Å². The van der Waals surface area contributed by atoms with Crippen molar-refractivity contribution >= 4 is 45.1 Å². The van der Waals surface area contributed by atoms with Crippen LogP contribution in [0.5, 0.6) is 0 Å². The topological polar surface area (TPSA) is 129 Å². The summed E-state index contributed by atoms with van der Waals surface area (Å²) in [6.07, 6.45) is 0. The van der Waals surface area contributed by atoms with Crippen molar-refractivity contribution in [1.82, 2.24) is 9.21 Å². The minimum absolute atomic E-state index is 0.0127. The van der Waals surface area contributed by atoms with Crippen molar-refractivity contribution < 1.29 is 32.4 Å². The summed E-state index contributed by atoms with van der Waals surface area (Å²) in [6.45, 7) is 9.36. The third kappa shape index (κ3) is 2.54. The quantitative estimate of drug-likeness (QED) is 0.345. The number of ketones is 1. The van der Waals surface area contributed by atoms with Crippen LogP contribution in [0.2, 0.25) is 0 Å². The van der Waals surface area contributed by atoms with Gasteiger partial charge in [-0.15, -0.1) is 0 Å². The van der Waals surface area contributed by atoms with Gasteiger partial charge in [0.1, 0.15) is 0 Å². The summed E-state index contributed by atoms with van der Waals surface area (Å²) >= 11 is 0. The number of hydrogen-bond donors (Lipinski definition) is 0. The van der Waals surface area contributed by atoms with Crippen molar-refractivity contribution in [2.75, 3.05) is 25.0 Å². The van der Waals surface area contributed by atoms with Crippen molar-refractivity contribution in [2.45, 2.75) is 46.4 Å². The Bertz CT molecular complexity index is 1190. The van der Waals surface area contributed by atoms with E-state index in [4.69, 9.17) is 0 Å². The first-order valence-corrected chi connectivity index (χ1v) is 11.5. The molecule has 0 bridgehead atoms. The molecule has 0 radical (unpaired) electrons. The van der Waals surface area contributed by atoms with Crippen LogP contribution in [0.15, 0.2) is 4.90 Å². The van der Waals surface area contributed by atoms with Crippen LogP contribution in [0.4, 0.5) is 5.69 Å². The fraction of sp³-hybridized carbons (Fsp3) is 0.476. The molecule has 0 atom stereocenters. The fourth-order valence-electron chi connectivity index (χ4n) is 4.56. The largest absolute Gasteiger partial charge is 0.294 e. The van der Waals surface area contributed by atoms with Crippen molar-refractivity contribution in [1.29, 1.82) is 0 Å². The number of hydrogen-bond acceptors (Lipinski definition) is 7. The summed E-state index contributed by atoms with van der Waals surface area (Å²) in [7, 11) is -2.97. The number of β-lactam (4-membered cyclic amide) rings is 4. The molecule has 3 rings (SSSR count). The molecule has 0 unspecified atom stereocenters. The van der Waals surface area contributed by atoms with E-state index < -0.39 is 44.9 Å². The number of imide groups is 2. The SMILES string of the molecule is CCN(CC)S(=O)(=O)c1c(C)c(N2C(=O)C3(C(=O)N(C)C3=O)C2=O)c(C)c(C)c1C(C)=O. The lowest BCUT2D eigenvalue weighted by molar-refractivity contribution is -0.184. The molecule has 0 aromatic heterocycles. The van der Waals surface area contributed by atoms with E-state index in [1.54, 1.807) is 20.8 Å². The van der Waals surface area contributed by atoms with E-state index in [1.807, 2.05) is 0 Å². The number of sulfonamides is 1. The Morgan fingerprint density at radius 2 is 1.34 bits per heavy atom. The molecule has 2 fully saturated rings. The Morgan fingerprint density at radius 3 is 1.75 bits per heavy atom. The van der Waals surface area contributed by atoms with E-state index in [9.17, 15) is 32.4 Å². The predicted molar refractivity (Wildman–Crippen MR) is 113 cm³/mol. The van der Waals surface area contributed by atoms with Gasteiger partial charge in [0, 0.05) is 25.7 Å². The highest BCUT2D eigenvalue weighted by molar-refractivity contribution is 7.89. The molecule has 2 saturated heterocycles. The fourth-order valence-corrected chi connectivity index (χ4v) is 6.53. The van der Waals surface area contributed by atoms with Gasteiger partial charge in [-0.25, -0.2) is 13.3 Å². The summed E-state index contributed by atoms with van der Waals surface area (Å²) < 4.78 is 28.1. The standard InChI is InChI=1S/C21H25N3O7S/c1-8-23(9-2)32(30,31)16-12(5)15(11(4)10(3)14(16)13(6)25)24-19(28)21(20(24)29)17(26)22(7)18(21)27/h8-9H2,1-7H3. The third-order valence-corrected chi connectivity index (χ3v) is 8.62. The highest BCUT2D eigenvalue weighted by Crippen LogP contribution is 2.49. The van der Waals surface area contributed by atoms with Crippen LogP contribution in [0, 0.1) is 26.2 Å². The highest BCUT2D eigenvalue weighted by Gasteiger charge is 2.80. The molecule has 1 aromatic rings. The Hall–Kier alpha value is -2.92. The lowest BCUT2D eigenvalue weighted by atomic mass is 9.68. The zero-order valence-electron chi connectivity index (χ0n) is 19.0. The molecular weight excluding hydrogens is 438 g/mol. The number of carbonyl (C=O) groups excluding carboxylic acids is 5. The summed E-state index contributed by atoms with van der Waals surface area (Å²) in [5.41, 5.74) is -1.73. The minimum Gasteiger partial charge on any atom is -0.294 e. The van der Waals surface area contributed by atoms with Crippen molar-refractivity contribution in [2.24, 2.45) is 5.41 Å². The molecule has 4 amide bonds. The Balaban J connectivity index is 2.32. The zero-order valence-corrected chi connectivity index (χ0v) is 19.8. The maximum Gasteiger partial charge on any atom is 0.285 e. The number of rotatable bonds is 6. The van der Waals surface area contributed by atoms with E-state index in [2.05, 4.69) is 0 Å². The number of carbonyl (C=O) groups is 5. The molecule has 11 heteroatoms. The van der Waals surface area contributed by atoms with Gasteiger partial charge in [-0.05, 0) is 44.4 Å². The van der Waals surface area contributed by atoms with E-state index in [0.717, 1.165) is 0 Å². The average molecular weight is 464 g/mol. The third-order valence-electron chi connectivity index (χ3n) is 6.39. The van der Waals surface area contributed by atoms with Gasteiger partial charge in [-0.2, -0.15) is 4.31 Å². The van der Waals surface area contributed by atoms with Crippen LogP contribution >= 0.6 is 0 Å². The second-order valence-corrected chi connectivity index (χ2v) is 9.81. The summed E-state index contributed by atoms with van der Waals surface area (Å²) in [5.74, 6) is -4.31. The van der Waals surface area contributed by atoms with Gasteiger partial charge in [0.05, 0.1) is 10.6 Å². The number of benzene rings is 1. The van der Waals surface area contributed by atoms with Crippen LogP contribution in [0.25, 0.3) is 0 Å². The van der Waals surface area contributed by atoms with E-state index in [1.165, 1.54) is 32.1 Å². The maximum absolute atomic E-state index is 13.5. The second kappa shape index (κ2) is 7.31. The Morgan fingerprint density at radius 1 is 0.875 bits per heavy atom. The molecule has 172 valence electrons. The van der Waals surface area contributed by atoms with Gasteiger partial charge >= 0.3 is 0 Å². The summed E-state index contributed by atoms with van der Waals surface area (Å²) in [6, 6.07) is 0. The van der Waals surface area contributed by atoms with Gasteiger partial charge in [-0.1, -0.05) is 13.8 Å². The molecule has 0 saturated carbocycles. The molecule has 0 N–H and O–H groups in total. The van der Waals surface area contributed by atoms with Crippen molar-refractivity contribution in [3.8, 4) is 0 Å². The number of Topliss-reactive ketones (excluding diaryl/α,β-unsaturated/α-hetero) is 1. The van der Waals surface area contributed by atoms with E-state index in [0.29, 0.717) is 20.9 Å². The molecule has 1 aromatic carbocycles. The van der Waals surface area contributed by atoms with Crippen LogP contribution in [0.1, 0.15) is 47.8 Å². The second-order valence-electron chi connectivity index (χ2n) is 7.94. The molecule has 32 heavy (non-hydrogen) atoms. The first-order chi connectivity index (χ1) is 14.7. The smallest absolute Gasteiger partial charge is 0.285 e. The molecule has 0 aliphatic carbocycles. The minimum atomic E-state index is -4.15. The molecule has 10 nitrogen and oxygen atoms in total. The molecule has 2 aliphatic heterocycles. The first-order valence-electron chi connectivity index (χ1n) is 10.1. The maximum atomic E-state index is 13.5. The van der Waals surface area contributed by atoms with Gasteiger partial charge in [-0.3, -0.25) is 28.9 Å². The lowest BCUT2D eigenvalue weighted by Crippen LogP contribution is -2.84. The lowest BCUT2D eigenvalue weighted by Gasteiger charge is -2.52. The first kappa shape index (κ1) is 23.7. The summed E-state index contributed by atoms with van der Waals surface area (Å²) in [5, 5.41) is 0. The van der Waals surface area contributed by atoms with Crippen LogP contribution in [-0.4, -0.2) is 67.2 Å². The van der Waals surface area contributed by atoms with Gasteiger partial charge in [0.15, 0.2) is 5.78 Å².